The second-order valence-corrected chi connectivity index (χ2v) is 8.32. The lowest BCUT2D eigenvalue weighted by Crippen LogP contribution is -2.37. The summed E-state index contributed by atoms with van der Waals surface area (Å²) in [6.07, 6.45) is 2.83. The van der Waals surface area contributed by atoms with Gasteiger partial charge in [0.25, 0.3) is 5.91 Å². The SMILES string of the molecule is Cc1cc2c(NC3(C)CC3)nc(C(=O)N3CCc4ccc(OCF)cc4C3)nc2o1. The number of amides is 1. The molecule has 0 unspecified atom stereocenters. The summed E-state index contributed by atoms with van der Waals surface area (Å²) in [6.45, 7) is 4.07. The number of nitrogens with one attached hydrogen (secondary N) is 1. The molecule has 3 heterocycles. The minimum atomic E-state index is -0.882. The molecule has 1 fully saturated rings. The van der Waals surface area contributed by atoms with E-state index in [2.05, 4.69) is 22.2 Å². The number of aryl methyl sites for hydroxylation is 1. The van der Waals surface area contributed by atoms with Crippen LogP contribution in [0, 0.1) is 6.92 Å². The summed E-state index contributed by atoms with van der Waals surface area (Å²) < 4.78 is 23.2. The number of aromatic nitrogens is 2. The topological polar surface area (TPSA) is 80.5 Å². The normalized spacial score (nSPS) is 17.0. The van der Waals surface area contributed by atoms with Crippen LogP contribution in [0.25, 0.3) is 11.1 Å². The van der Waals surface area contributed by atoms with Gasteiger partial charge in [0.1, 0.15) is 17.3 Å². The van der Waals surface area contributed by atoms with E-state index in [9.17, 15) is 9.18 Å². The van der Waals surface area contributed by atoms with E-state index in [0.717, 1.165) is 35.1 Å². The summed E-state index contributed by atoms with van der Waals surface area (Å²) in [5.74, 6) is 1.68. The lowest BCUT2D eigenvalue weighted by molar-refractivity contribution is 0.0722. The standard InChI is InChI=1S/C22H23FN4O3/c1-13-9-17-18(26-22(2)6-7-22)24-19(25-20(17)30-13)21(28)27-8-5-14-3-4-16(29-12-23)10-15(14)11-27/h3-4,9-10H,5-8,11-12H2,1-2H3,(H,24,25,26). The summed E-state index contributed by atoms with van der Waals surface area (Å²) in [6, 6.07) is 7.35. The van der Waals surface area contributed by atoms with Crippen LogP contribution < -0.4 is 10.1 Å². The van der Waals surface area contributed by atoms with Crippen molar-refractivity contribution >= 4 is 22.8 Å². The van der Waals surface area contributed by atoms with Gasteiger partial charge in [-0.25, -0.2) is 9.37 Å². The van der Waals surface area contributed by atoms with E-state index in [0.29, 0.717) is 36.8 Å². The number of rotatable bonds is 5. The van der Waals surface area contributed by atoms with Crippen LogP contribution in [0.15, 0.2) is 28.7 Å². The second kappa shape index (κ2) is 6.97. The molecule has 1 aliphatic heterocycles. The number of benzene rings is 1. The Morgan fingerprint density at radius 3 is 2.90 bits per heavy atom. The van der Waals surface area contributed by atoms with Crippen molar-refractivity contribution in [2.75, 3.05) is 18.7 Å². The summed E-state index contributed by atoms with van der Waals surface area (Å²) in [5.41, 5.74) is 2.49. The molecule has 5 rings (SSSR count). The number of fused-ring (bicyclic) bond motifs is 2. The number of carbonyl (C=O) groups is 1. The third-order valence-electron chi connectivity index (χ3n) is 5.83. The Balaban J connectivity index is 1.45. The first-order valence-corrected chi connectivity index (χ1v) is 10.1. The van der Waals surface area contributed by atoms with Crippen molar-refractivity contribution in [2.45, 2.75) is 45.2 Å². The van der Waals surface area contributed by atoms with Crippen LogP contribution in [0.4, 0.5) is 10.2 Å². The number of halogens is 1. The molecule has 1 N–H and O–H groups in total. The fourth-order valence-electron chi connectivity index (χ4n) is 3.83. The molecule has 0 bridgehead atoms. The highest BCUT2D eigenvalue weighted by Crippen LogP contribution is 2.39. The Hall–Kier alpha value is -3.16. The van der Waals surface area contributed by atoms with Crippen LogP contribution in [0.3, 0.4) is 0 Å². The zero-order valence-corrected chi connectivity index (χ0v) is 17.0. The Morgan fingerprint density at radius 2 is 2.13 bits per heavy atom. The Labute approximate surface area is 173 Å². The minimum absolute atomic E-state index is 0.00363. The van der Waals surface area contributed by atoms with E-state index >= 15 is 0 Å². The maximum atomic E-state index is 13.2. The molecule has 30 heavy (non-hydrogen) atoms. The van der Waals surface area contributed by atoms with Gasteiger partial charge in [0, 0.05) is 18.6 Å². The summed E-state index contributed by atoms with van der Waals surface area (Å²) in [5, 5.41) is 4.24. The van der Waals surface area contributed by atoms with Gasteiger partial charge in [-0.1, -0.05) is 6.07 Å². The molecule has 8 heteroatoms. The number of nitrogens with zero attached hydrogens (tertiary/aromatic N) is 3. The van der Waals surface area contributed by atoms with E-state index < -0.39 is 6.86 Å². The van der Waals surface area contributed by atoms with E-state index in [1.54, 1.807) is 17.0 Å². The van der Waals surface area contributed by atoms with Crippen LogP contribution in [-0.2, 0) is 13.0 Å². The molecule has 2 aliphatic rings. The molecule has 0 atom stereocenters. The molecule has 156 valence electrons. The van der Waals surface area contributed by atoms with Crippen molar-refractivity contribution in [1.82, 2.24) is 14.9 Å². The number of alkyl halides is 1. The smallest absolute Gasteiger partial charge is 0.292 e. The largest absolute Gasteiger partial charge is 0.463 e. The van der Waals surface area contributed by atoms with Crippen molar-refractivity contribution in [3.63, 3.8) is 0 Å². The van der Waals surface area contributed by atoms with E-state index in [1.165, 1.54) is 0 Å². The Kier molecular flexibility index (Phi) is 4.38. The predicted molar refractivity (Wildman–Crippen MR) is 109 cm³/mol. The van der Waals surface area contributed by atoms with Crippen LogP contribution in [0.5, 0.6) is 5.75 Å². The number of hydrogen-bond acceptors (Lipinski definition) is 6. The zero-order chi connectivity index (χ0) is 20.9. The number of anilines is 1. The number of carbonyl (C=O) groups excluding carboxylic acids is 1. The molecule has 0 saturated heterocycles. The lowest BCUT2D eigenvalue weighted by atomic mass is 9.99. The number of ether oxygens (including phenoxy) is 1. The highest BCUT2D eigenvalue weighted by molar-refractivity contribution is 5.95. The number of furan rings is 1. The van der Waals surface area contributed by atoms with Gasteiger partial charge in [-0.15, -0.1) is 0 Å². The monoisotopic (exact) mass is 410 g/mol. The first-order chi connectivity index (χ1) is 14.4. The third kappa shape index (κ3) is 3.46. The minimum Gasteiger partial charge on any atom is -0.463 e. The van der Waals surface area contributed by atoms with Crippen molar-refractivity contribution < 1.29 is 18.3 Å². The summed E-state index contributed by atoms with van der Waals surface area (Å²) >= 11 is 0. The van der Waals surface area contributed by atoms with E-state index in [1.807, 2.05) is 19.1 Å². The molecular weight excluding hydrogens is 387 g/mol. The van der Waals surface area contributed by atoms with E-state index in [4.69, 9.17) is 9.15 Å². The fraction of sp³-hybridized carbons (Fsp3) is 0.409. The molecule has 1 aromatic carbocycles. The summed E-state index contributed by atoms with van der Waals surface area (Å²) in [7, 11) is 0. The molecule has 1 amide bonds. The second-order valence-electron chi connectivity index (χ2n) is 8.32. The first-order valence-electron chi connectivity index (χ1n) is 10.1. The molecule has 0 radical (unpaired) electrons. The summed E-state index contributed by atoms with van der Waals surface area (Å²) in [4.78, 5) is 23.9. The molecule has 7 nitrogen and oxygen atoms in total. The third-order valence-corrected chi connectivity index (χ3v) is 5.83. The highest BCUT2D eigenvalue weighted by Gasteiger charge is 2.38. The number of hydrogen-bond donors (Lipinski definition) is 1. The van der Waals surface area contributed by atoms with Crippen LogP contribution in [0.1, 0.15) is 47.3 Å². The maximum absolute atomic E-state index is 13.2. The molecule has 2 aromatic heterocycles. The van der Waals surface area contributed by atoms with Crippen molar-refractivity contribution in [2.24, 2.45) is 0 Å². The van der Waals surface area contributed by atoms with Crippen LogP contribution in [0.2, 0.25) is 0 Å². The quantitative estimate of drug-likeness (QED) is 0.685. The van der Waals surface area contributed by atoms with Crippen molar-refractivity contribution in [3.05, 3.63) is 47.0 Å². The van der Waals surface area contributed by atoms with Crippen molar-refractivity contribution in [1.29, 1.82) is 0 Å². The van der Waals surface area contributed by atoms with E-state index in [-0.39, 0.29) is 17.3 Å². The van der Waals surface area contributed by atoms with Crippen LogP contribution in [-0.4, -0.2) is 39.7 Å². The fourth-order valence-corrected chi connectivity index (χ4v) is 3.83. The van der Waals surface area contributed by atoms with Gasteiger partial charge in [-0.3, -0.25) is 4.79 Å². The van der Waals surface area contributed by atoms with Gasteiger partial charge in [-0.2, -0.15) is 4.98 Å². The Morgan fingerprint density at radius 1 is 1.30 bits per heavy atom. The van der Waals surface area contributed by atoms with Crippen molar-refractivity contribution in [3.8, 4) is 5.75 Å². The predicted octanol–water partition coefficient (Wildman–Crippen LogP) is 4.00. The van der Waals surface area contributed by atoms with Gasteiger partial charge < -0.3 is 19.4 Å². The molecular formula is C22H23FN4O3. The first kappa shape index (κ1) is 18.8. The molecule has 3 aromatic rings. The van der Waals surface area contributed by atoms with Gasteiger partial charge >= 0.3 is 0 Å². The van der Waals surface area contributed by atoms with Gasteiger partial charge in [0.15, 0.2) is 0 Å². The average Bonchev–Trinajstić information content (AvgIpc) is 3.32. The molecule has 1 saturated carbocycles. The zero-order valence-electron chi connectivity index (χ0n) is 17.0. The van der Waals surface area contributed by atoms with Gasteiger partial charge in [-0.05, 0) is 62.4 Å². The Bertz CT molecular complexity index is 1140. The van der Waals surface area contributed by atoms with Gasteiger partial charge in [0.05, 0.1) is 5.39 Å². The van der Waals surface area contributed by atoms with Gasteiger partial charge in [0.2, 0.25) is 18.4 Å². The molecule has 0 spiro atoms. The maximum Gasteiger partial charge on any atom is 0.292 e. The molecule has 1 aliphatic carbocycles. The highest BCUT2D eigenvalue weighted by atomic mass is 19.1. The average molecular weight is 410 g/mol. The lowest BCUT2D eigenvalue weighted by Gasteiger charge is -2.28. The van der Waals surface area contributed by atoms with Crippen LogP contribution >= 0.6 is 0 Å².